The zero-order valence-corrected chi connectivity index (χ0v) is 11.1. The molecule has 17 heavy (non-hydrogen) atoms. The average Bonchev–Trinajstić information content (AvgIpc) is 2.33. The van der Waals surface area contributed by atoms with Crippen LogP contribution in [0.2, 0.25) is 0 Å². The summed E-state index contributed by atoms with van der Waals surface area (Å²) in [4.78, 5) is 22.5. The summed E-state index contributed by atoms with van der Waals surface area (Å²) in [7, 11) is 1.60. The molecule has 0 rings (SSSR count). The third kappa shape index (κ3) is 8.68. The van der Waals surface area contributed by atoms with Gasteiger partial charge in [0.05, 0.1) is 6.04 Å². The summed E-state index contributed by atoms with van der Waals surface area (Å²) in [5.74, 6) is -0.0222. The van der Waals surface area contributed by atoms with Crippen molar-refractivity contribution in [1.82, 2.24) is 16.0 Å². The van der Waals surface area contributed by atoms with Gasteiger partial charge >= 0.3 is 0 Å². The number of rotatable bonds is 9. The lowest BCUT2D eigenvalue weighted by molar-refractivity contribution is -0.123. The van der Waals surface area contributed by atoms with E-state index in [0.29, 0.717) is 13.0 Å². The first-order valence-electron chi connectivity index (χ1n) is 6.33. The lowest BCUT2D eigenvalue weighted by atomic mass is 10.2. The lowest BCUT2D eigenvalue weighted by Gasteiger charge is -2.13. The highest BCUT2D eigenvalue weighted by atomic mass is 16.2. The fourth-order valence-electron chi connectivity index (χ4n) is 1.36. The first-order valence-corrected chi connectivity index (χ1v) is 6.33. The lowest BCUT2D eigenvalue weighted by Crippen LogP contribution is -2.43. The quantitative estimate of drug-likeness (QED) is 0.514. The van der Waals surface area contributed by atoms with Crippen molar-refractivity contribution in [3.8, 4) is 0 Å². The number of carbonyl (C=O) groups excluding carboxylic acids is 2. The monoisotopic (exact) mass is 243 g/mol. The van der Waals surface area contributed by atoms with Gasteiger partial charge in [-0.2, -0.15) is 0 Å². The minimum atomic E-state index is -0.249. The van der Waals surface area contributed by atoms with E-state index in [1.165, 1.54) is 0 Å². The predicted octanol–water partition coefficient (Wildman–Crippen LogP) is 0.407. The van der Waals surface area contributed by atoms with Crippen LogP contribution in [0.4, 0.5) is 0 Å². The zero-order valence-electron chi connectivity index (χ0n) is 11.1. The topological polar surface area (TPSA) is 70.2 Å². The molecule has 1 unspecified atom stereocenters. The normalized spacial score (nSPS) is 11.9. The fraction of sp³-hybridized carbons (Fsp3) is 0.833. The standard InChI is InChI=1S/C12H25N3O2/c1-4-5-6-8-15-12(17)10(2)14-9-7-11(16)13-3/h10,14H,4-9H2,1-3H3,(H,13,16)(H,15,17). The predicted molar refractivity (Wildman–Crippen MR) is 68.7 cm³/mol. The Morgan fingerprint density at radius 1 is 1.18 bits per heavy atom. The molecule has 0 spiro atoms. The molecule has 0 aromatic rings. The van der Waals surface area contributed by atoms with Gasteiger partial charge in [0, 0.05) is 26.6 Å². The maximum absolute atomic E-state index is 11.6. The molecule has 5 heteroatoms. The Morgan fingerprint density at radius 2 is 1.88 bits per heavy atom. The second kappa shape index (κ2) is 10.1. The molecular formula is C12H25N3O2. The van der Waals surface area contributed by atoms with Crippen LogP contribution in [0.3, 0.4) is 0 Å². The molecule has 0 heterocycles. The Kier molecular flexibility index (Phi) is 9.43. The summed E-state index contributed by atoms with van der Waals surface area (Å²) in [6.07, 6.45) is 3.70. The Morgan fingerprint density at radius 3 is 2.47 bits per heavy atom. The Bertz CT molecular complexity index is 232. The summed E-state index contributed by atoms with van der Waals surface area (Å²) >= 11 is 0. The van der Waals surface area contributed by atoms with Crippen molar-refractivity contribution < 1.29 is 9.59 Å². The number of nitrogens with one attached hydrogen (secondary N) is 3. The van der Waals surface area contributed by atoms with E-state index < -0.39 is 0 Å². The fourth-order valence-corrected chi connectivity index (χ4v) is 1.36. The van der Waals surface area contributed by atoms with E-state index in [-0.39, 0.29) is 17.9 Å². The van der Waals surface area contributed by atoms with Gasteiger partial charge in [0.25, 0.3) is 0 Å². The molecule has 2 amide bonds. The third-order valence-corrected chi connectivity index (χ3v) is 2.55. The Hall–Kier alpha value is -1.10. The molecule has 0 saturated heterocycles. The van der Waals surface area contributed by atoms with E-state index in [9.17, 15) is 9.59 Å². The molecule has 5 nitrogen and oxygen atoms in total. The summed E-state index contributed by atoms with van der Waals surface area (Å²) in [5, 5.41) is 8.42. The molecule has 0 aliphatic rings. The van der Waals surface area contributed by atoms with Crippen molar-refractivity contribution in [3.63, 3.8) is 0 Å². The summed E-state index contributed by atoms with van der Waals surface area (Å²) in [6.45, 7) is 5.18. The number of unbranched alkanes of at least 4 members (excludes halogenated alkanes) is 2. The van der Waals surface area contributed by atoms with Crippen LogP contribution in [0, 0.1) is 0 Å². The van der Waals surface area contributed by atoms with Crippen LogP contribution >= 0.6 is 0 Å². The van der Waals surface area contributed by atoms with Gasteiger partial charge in [-0.05, 0) is 13.3 Å². The molecule has 0 bridgehead atoms. The van der Waals surface area contributed by atoms with Gasteiger partial charge in [-0.15, -0.1) is 0 Å². The molecule has 0 radical (unpaired) electrons. The SMILES string of the molecule is CCCCCNC(=O)C(C)NCCC(=O)NC. The molecule has 0 aromatic heterocycles. The van der Waals surface area contributed by atoms with Gasteiger partial charge in [-0.3, -0.25) is 9.59 Å². The van der Waals surface area contributed by atoms with Gasteiger partial charge in [0.1, 0.15) is 0 Å². The molecule has 0 fully saturated rings. The first kappa shape index (κ1) is 15.9. The number of carbonyl (C=O) groups is 2. The molecular weight excluding hydrogens is 218 g/mol. The molecule has 0 aliphatic heterocycles. The molecule has 0 aromatic carbocycles. The molecule has 100 valence electrons. The van der Waals surface area contributed by atoms with Crippen molar-refractivity contribution in [2.45, 2.75) is 45.6 Å². The van der Waals surface area contributed by atoms with E-state index in [2.05, 4.69) is 22.9 Å². The van der Waals surface area contributed by atoms with Crippen molar-refractivity contribution >= 4 is 11.8 Å². The second-order valence-electron chi connectivity index (χ2n) is 4.10. The van der Waals surface area contributed by atoms with Crippen molar-refractivity contribution in [2.24, 2.45) is 0 Å². The molecule has 3 N–H and O–H groups in total. The van der Waals surface area contributed by atoms with E-state index in [1.54, 1.807) is 14.0 Å². The maximum Gasteiger partial charge on any atom is 0.236 e. The third-order valence-electron chi connectivity index (χ3n) is 2.55. The average molecular weight is 243 g/mol. The molecule has 0 saturated carbocycles. The van der Waals surface area contributed by atoms with Crippen molar-refractivity contribution in [2.75, 3.05) is 20.1 Å². The van der Waals surface area contributed by atoms with E-state index in [0.717, 1.165) is 25.8 Å². The Labute approximate surface area is 104 Å². The number of hydrogen-bond donors (Lipinski definition) is 3. The second-order valence-corrected chi connectivity index (χ2v) is 4.10. The van der Waals surface area contributed by atoms with Crippen LogP contribution in [-0.2, 0) is 9.59 Å². The highest BCUT2D eigenvalue weighted by Crippen LogP contribution is 1.92. The number of amides is 2. The van der Waals surface area contributed by atoms with E-state index in [1.807, 2.05) is 0 Å². The van der Waals surface area contributed by atoms with Crippen LogP contribution in [0.5, 0.6) is 0 Å². The summed E-state index contributed by atoms with van der Waals surface area (Å²) in [6, 6.07) is -0.249. The summed E-state index contributed by atoms with van der Waals surface area (Å²) in [5.41, 5.74) is 0. The van der Waals surface area contributed by atoms with Crippen LogP contribution in [0.25, 0.3) is 0 Å². The largest absolute Gasteiger partial charge is 0.359 e. The van der Waals surface area contributed by atoms with Gasteiger partial charge in [0.2, 0.25) is 11.8 Å². The maximum atomic E-state index is 11.6. The van der Waals surface area contributed by atoms with Gasteiger partial charge < -0.3 is 16.0 Å². The summed E-state index contributed by atoms with van der Waals surface area (Å²) < 4.78 is 0. The zero-order chi connectivity index (χ0) is 13.1. The van der Waals surface area contributed by atoms with E-state index in [4.69, 9.17) is 0 Å². The molecule has 1 atom stereocenters. The molecule has 0 aliphatic carbocycles. The first-order chi connectivity index (χ1) is 8.11. The Balaban J connectivity index is 3.56. The minimum Gasteiger partial charge on any atom is -0.359 e. The highest BCUT2D eigenvalue weighted by Gasteiger charge is 2.11. The van der Waals surface area contributed by atoms with Crippen LogP contribution in [-0.4, -0.2) is 38.0 Å². The van der Waals surface area contributed by atoms with Gasteiger partial charge in [-0.25, -0.2) is 0 Å². The van der Waals surface area contributed by atoms with Gasteiger partial charge in [-0.1, -0.05) is 19.8 Å². The van der Waals surface area contributed by atoms with Crippen LogP contribution in [0.1, 0.15) is 39.5 Å². The van der Waals surface area contributed by atoms with Crippen LogP contribution in [0.15, 0.2) is 0 Å². The smallest absolute Gasteiger partial charge is 0.236 e. The minimum absolute atomic E-state index is 0.00184. The van der Waals surface area contributed by atoms with E-state index >= 15 is 0 Å². The van der Waals surface area contributed by atoms with Gasteiger partial charge in [0.15, 0.2) is 0 Å². The van der Waals surface area contributed by atoms with Crippen molar-refractivity contribution in [3.05, 3.63) is 0 Å². The number of hydrogen-bond acceptors (Lipinski definition) is 3. The highest BCUT2D eigenvalue weighted by molar-refractivity contribution is 5.81. The van der Waals surface area contributed by atoms with Crippen LogP contribution < -0.4 is 16.0 Å². The van der Waals surface area contributed by atoms with Crippen molar-refractivity contribution in [1.29, 1.82) is 0 Å².